The molecule has 9 heteroatoms. The van der Waals surface area contributed by atoms with E-state index in [9.17, 15) is 19.2 Å². The summed E-state index contributed by atoms with van der Waals surface area (Å²) in [6, 6.07) is -0.912. The maximum Gasteiger partial charge on any atom is 0.344 e. The predicted molar refractivity (Wildman–Crippen MR) is 97.2 cm³/mol. The summed E-state index contributed by atoms with van der Waals surface area (Å²) in [5.41, 5.74) is 1.56. The van der Waals surface area contributed by atoms with Gasteiger partial charge in [0.05, 0.1) is 12.6 Å². The fourth-order valence-corrected chi connectivity index (χ4v) is 4.25. The number of nitrogens with zero attached hydrogens (tertiary/aromatic N) is 3. The van der Waals surface area contributed by atoms with E-state index in [1.165, 1.54) is 4.90 Å². The van der Waals surface area contributed by atoms with Gasteiger partial charge in [-0.25, -0.2) is 4.79 Å². The zero-order valence-corrected chi connectivity index (χ0v) is 16.3. The van der Waals surface area contributed by atoms with Crippen LogP contribution in [0.1, 0.15) is 45.4 Å². The van der Waals surface area contributed by atoms with Crippen molar-refractivity contribution in [3.8, 4) is 0 Å². The molecule has 2 aliphatic heterocycles. The van der Waals surface area contributed by atoms with E-state index in [0.717, 1.165) is 24.3 Å². The lowest BCUT2D eigenvalue weighted by Crippen LogP contribution is -2.53. The van der Waals surface area contributed by atoms with Crippen LogP contribution in [-0.2, 0) is 14.4 Å². The first kappa shape index (κ1) is 19.6. The number of likely N-dealkylation sites (tertiary alicyclic amines) is 1. The number of imide groups is 1. The van der Waals surface area contributed by atoms with Crippen molar-refractivity contribution in [3.63, 3.8) is 0 Å². The van der Waals surface area contributed by atoms with Crippen molar-refractivity contribution in [2.24, 2.45) is 5.92 Å². The standard InChI is InChI=1S/C18H29N5O4/c1-12-6-8-18(9-7-12)16(26)23(17(27)19-18)20-14(24)11-22-10-4-5-13(22)15(25)21(2)3/h12-13H,4-11H2,1-3H3,(H,19,27)(H,20,24). The molecular formula is C18H29N5O4. The molecule has 1 spiro atoms. The Morgan fingerprint density at radius 3 is 2.52 bits per heavy atom. The Morgan fingerprint density at radius 1 is 1.22 bits per heavy atom. The average Bonchev–Trinajstić information content (AvgIpc) is 3.15. The number of rotatable bonds is 4. The van der Waals surface area contributed by atoms with E-state index in [1.54, 1.807) is 19.0 Å². The lowest BCUT2D eigenvalue weighted by Gasteiger charge is -2.33. The van der Waals surface area contributed by atoms with Gasteiger partial charge in [0, 0.05) is 14.1 Å². The van der Waals surface area contributed by atoms with Gasteiger partial charge in [0.25, 0.3) is 11.8 Å². The molecule has 1 atom stereocenters. The number of amides is 5. The number of hydrogen-bond acceptors (Lipinski definition) is 5. The molecule has 0 bridgehead atoms. The van der Waals surface area contributed by atoms with E-state index < -0.39 is 17.5 Å². The fraction of sp³-hybridized carbons (Fsp3) is 0.778. The number of carbonyl (C=O) groups is 4. The normalized spacial score (nSPS) is 31.3. The lowest BCUT2D eigenvalue weighted by molar-refractivity contribution is -0.141. The number of hydrogen-bond donors (Lipinski definition) is 2. The highest BCUT2D eigenvalue weighted by molar-refractivity contribution is 6.08. The van der Waals surface area contributed by atoms with Gasteiger partial charge in [-0.15, -0.1) is 0 Å². The maximum atomic E-state index is 12.8. The molecule has 0 aromatic rings. The van der Waals surface area contributed by atoms with Crippen LogP contribution >= 0.6 is 0 Å². The van der Waals surface area contributed by atoms with E-state index in [2.05, 4.69) is 17.7 Å². The molecule has 0 aromatic carbocycles. The second-order valence-corrected chi connectivity index (χ2v) is 8.23. The SMILES string of the molecule is CC1CCC2(CC1)NC(=O)N(NC(=O)CN1CCCC1C(=O)N(C)C)C2=O. The van der Waals surface area contributed by atoms with Crippen molar-refractivity contribution >= 4 is 23.8 Å². The van der Waals surface area contributed by atoms with Crippen molar-refractivity contribution < 1.29 is 19.2 Å². The highest BCUT2D eigenvalue weighted by atomic mass is 16.2. The molecule has 1 aliphatic carbocycles. The molecule has 0 aromatic heterocycles. The van der Waals surface area contributed by atoms with Gasteiger partial charge < -0.3 is 10.2 Å². The van der Waals surface area contributed by atoms with E-state index in [0.29, 0.717) is 31.7 Å². The quantitative estimate of drug-likeness (QED) is 0.673. The second kappa shape index (κ2) is 7.46. The molecule has 2 N–H and O–H groups in total. The minimum absolute atomic E-state index is 0.0225. The number of hydrazine groups is 1. The third-order valence-electron chi connectivity index (χ3n) is 5.96. The smallest absolute Gasteiger partial charge is 0.344 e. The molecule has 1 unspecified atom stereocenters. The van der Waals surface area contributed by atoms with Crippen LogP contribution in [0, 0.1) is 5.92 Å². The van der Waals surface area contributed by atoms with Gasteiger partial charge in [0.1, 0.15) is 5.54 Å². The van der Waals surface area contributed by atoms with Gasteiger partial charge in [0.15, 0.2) is 0 Å². The van der Waals surface area contributed by atoms with Gasteiger partial charge >= 0.3 is 6.03 Å². The Balaban J connectivity index is 1.60. The second-order valence-electron chi connectivity index (χ2n) is 8.23. The fourth-order valence-electron chi connectivity index (χ4n) is 4.25. The summed E-state index contributed by atoms with van der Waals surface area (Å²) in [7, 11) is 3.38. The lowest BCUT2D eigenvalue weighted by atomic mass is 9.77. The molecular weight excluding hydrogens is 350 g/mol. The Labute approximate surface area is 159 Å². The minimum atomic E-state index is -0.881. The number of nitrogens with one attached hydrogen (secondary N) is 2. The first-order valence-corrected chi connectivity index (χ1v) is 9.65. The molecule has 9 nitrogen and oxygen atoms in total. The summed E-state index contributed by atoms with van der Waals surface area (Å²) in [6.07, 6.45) is 4.47. The maximum absolute atomic E-state index is 12.8. The van der Waals surface area contributed by atoms with Crippen LogP contribution in [0.15, 0.2) is 0 Å². The zero-order valence-electron chi connectivity index (χ0n) is 16.3. The van der Waals surface area contributed by atoms with Crippen LogP contribution in [0.25, 0.3) is 0 Å². The van der Waals surface area contributed by atoms with Gasteiger partial charge in [-0.3, -0.25) is 24.7 Å². The van der Waals surface area contributed by atoms with Crippen LogP contribution in [0.3, 0.4) is 0 Å². The van der Waals surface area contributed by atoms with Crippen molar-refractivity contribution in [2.75, 3.05) is 27.2 Å². The van der Waals surface area contributed by atoms with E-state index in [4.69, 9.17) is 0 Å². The van der Waals surface area contributed by atoms with E-state index in [1.807, 2.05) is 0 Å². The van der Waals surface area contributed by atoms with Gasteiger partial charge in [-0.2, -0.15) is 5.01 Å². The number of urea groups is 1. The van der Waals surface area contributed by atoms with Gasteiger partial charge in [0.2, 0.25) is 5.91 Å². The van der Waals surface area contributed by atoms with Crippen LogP contribution in [-0.4, -0.2) is 77.3 Å². The van der Waals surface area contributed by atoms with Crippen molar-refractivity contribution in [2.45, 2.75) is 57.0 Å². The van der Waals surface area contributed by atoms with Crippen molar-refractivity contribution in [3.05, 3.63) is 0 Å². The third-order valence-corrected chi connectivity index (χ3v) is 5.96. The molecule has 2 saturated heterocycles. The summed E-state index contributed by atoms with van der Waals surface area (Å²) >= 11 is 0. The topological polar surface area (TPSA) is 102 Å². The van der Waals surface area contributed by atoms with Crippen molar-refractivity contribution in [1.29, 1.82) is 0 Å². The number of carbonyl (C=O) groups excluding carboxylic acids is 4. The van der Waals surface area contributed by atoms with Crippen molar-refractivity contribution in [1.82, 2.24) is 25.6 Å². The Kier molecular flexibility index (Phi) is 5.41. The first-order chi connectivity index (χ1) is 12.7. The molecule has 150 valence electrons. The monoisotopic (exact) mass is 379 g/mol. The van der Waals surface area contributed by atoms with Crippen LogP contribution < -0.4 is 10.7 Å². The largest absolute Gasteiger partial charge is 0.347 e. The summed E-state index contributed by atoms with van der Waals surface area (Å²) in [5, 5.41) is 3.60. The van der Waals surface area contributed by atoms with E-state index in [-0.39, 0.29) is 24.4 Å². The predicted octanol–water partition coefficient (Wildman–Crippen LogP) is 0.0709. The summed E-state index contributed by atoms with van der Waals surface area (Å²) in [6.45, 7) is 2.75. The minimum Gasteiger partial charge on any atom is -0.347 e. The van der Waals surface area contributed by atoms with Gasteiger partial charge in [-0.1, -0.05) is 6.92 Å². The molecule has 0 radical (unpaired) electrons. The Morgan fingerprint density at radius 2 is 1.89 bits per heavy atom. The molecule has 27 heavy (non-hydrogen) atoms. The average molecular weight is 379 g/mol. The van der Waals surface area contributed by atoms with Gasteiger partial charge in [-0.05, 0) is 51.0 Å². The third kappa shape index (κ3) is 3.78. The molecule has 3 aliphatic rings. The van der Waals surface area contributed by atoms with Crippen LogP contribution in [0.2, 0.25) is 0 Å². The molecule has 5 amide bonds. The highest BCUT2D eigenvalue weighted by Gasteiger charge is 2.53. The van der Waals surface area contributed by atoms with Crippen LogP contribution in [0.5, 0.6) is 0 Å². The molecule has 3 fully saturated rings. The summed E-state index contributed by atoms with van der Waals surface area (Å²) in [4.78, 5) is 53.1. The summed E-state index contributed by atoms with van der Waals surface area (Å²) in [5.74, 6) is -0.343. The molecule has 2 heterocycles. The zero-order chi connectivity index (χ0) is 19.8. The first-order valence-electron chi connectivity index (χ1n) is 9.65. The molecule has 3 rings (SSSR count). The summed E-state index contributed by atoms with van der Waals surface area (Å²) < 4.78 is 0. The van der Waals surface area contributed by atoms with Crippen LogP contribution in [0.4, 0.5) is 4.79 Å². The number of likely N-dealkylation sites (N-methyl/N-ethyl adjacent to an activating group) is 1. The van der Waals surface area contributed by atoms with E-state index >= 15 is 0 Å². The Bertz CT molecular complexity index is 642. The molecule has 1 saturated carbocycles. The Hall–Kier alpha value is -2.16. The highest BCUT2D eigenvalue weighted by Crippen LogP contribution is 2.35.